The zero-order chi connectivity index (χ0) is 19.0. The number of halogens is 2. The lowest BCUT2D eigenvalue weighted by Gasteiger charge is -2.10. The summed E-state index contributed by atoms with van der Waals surface area (Å²) in [6.07, 6.45) is 0. The molecule has 2 N–H and O–H groups in total. The van der Waals surface area contributed by atoms with E-state index >= 15 is 0 Å². The smallest absolute Gasteiger partial charge is 0.256 e. The molecule has 0 aromatic heterocycles. The van der Waals surface area contributed by atoms with Crippen LogP contribution in [0.25, 0.3) is 0 Å². The van der Waals surface area contributed by atoms with E-state index in [0.29, 0.717) is 21.3 Å². The third kappa shape index (κ3) is 3.61. The van der Waals surface area contributed by atoms with Gasteiger partial charge in [-0.1, -0.05) is 39.8 Å². The molecule has 3 aromatic rings. The predicted molar refractivity (Wildman–Crippen MR) is 107 cm³/mol. The molecular formula is C20H12BrFN2O2S. The number of carbonyl (C=O) groups excluding carboxylic acids is 2. The zero-order valence-electron chi connectivity index (χ0n) is 13.8. The van der Waals surface area contributed by atoms with Crippen LogP contribution in [0.5, 0.6) is 0 Å². The van der Waals surface area contributed by atoms with Crippen LogP contribution in [0.1, 0.15) is 20.7 Å². The van der Waals surface area contributed by atoms with Crippen LogP contribution in [-0.2, 0) is 0 Å². The summed E-state index contributed by atoms with van der Waals surface area (Å²) in [7, 11) is 0. The Morgan fingerprint density at radius 1 is 1.04 bits per heavy atom. The standard InChI is InChI=1S/C20H12BrFN2O2S/c21-12-6-7-15(14(22)10-12)23-19(25)11-5-8-18-16(9-11)24-20(26)13-3-1-2-4-17(13)27-18/h1-10H,(H,23,25)(H,24,26). The van der Waals surface area contributed by atoms with Gasteiger partial charge in [0, 0.05) is 19.8 Å². The third-order valence-electron chi connectivity index (χ3n) is 4.02. The molecule has 0 fully saturated rings. The van der Waals surface area contributed by atoms with Gasteiger partial charge < -0.3 is 10.6 Å². The first-order valence-corrected chi connectivity index (χ1v) is 9.61. The molecule has 0 aliphatic carbocycles. The summed E-state index contributed by atoms with van der Waals surface area (Å²) in [5.41, 5.74) is 1.54. The lowest BCUT2D eigenvalue weighted by Crippen LogP contribution is -2.15. The molecule has 1 aliphatic heterocycles. The first kappa shape index (κ1) is 17.8. The van der Waals surface area contributed by atoms with Gasteiger partial charge in [-0.2, -0.15) is 0 Å². The van der Waals surface area contributed by atoms with E-state index in [4.69, 9.17) is 0 Å². The monoisotopic (exact) mass is 442 g/mol. The molecule has 0 radical (unpaired) electrons. The largest absolute Gasteiger partial charge is 0.321 e. The Morgan fingerprint density at radius 2 is 1.85 bits per heavy atom. The van der Waals surface area contributed by atoms with Crippen molar-refractivity contribution in [3.8, 4) is 0 Å². The predicted octanol–water partition coefficient (Wildman–Crippen LogP) is 5.56. The summed E-state index contributed by atoms with van der Waals surface area (Å²) in [6, 6.07) is 16.7. The second-order valence-electron chi connectivity index (χ2n) is 5.84. The van der Waals surface area contributed by atoms with Gasteiger partial charge in [-0.25, -0.2) is 4.39 Å². The van der Waals surface area contributed by atoms with Crippen molar-refractivity contribution in [3.05, 3.63) is 82.1 Å². The van der Waals surface area contributed by atoms with Crippen molar-refractivity contribution in [1.29, 1.82) is 0 Å². The summed E-state index contributed by atoms with van der Waals surface area (Å²) in [4.78, 5) is 26.6. The average Bonchev–Trinajstić information content (AvgIpc) is 2.79. The van der Waals surface area contributed by atoms with Crippen LogP contribution < -0.4 is 10.6 Å². The van der Waals surface area contributed by atoms with E-state index in [2.05, 4.69) is 26.6 Å². The van der Waals surface area contributed by atoms with Gasteiger partial charge in [-0.05, 0) is 48.5 Å². The second kappa shape index (κ2) is 7.17. The normalized spacial score (nSPS) is 12.4. The molecule has 4 rings (SSSR count). The fourth-order valence-corrected chi connectivity index (χ4v) is 4.04. The highest BCUT2D eigenvalue weighted by molar-refractivity contribution is 9.10. The number of amides is 2. The van der Waals surface area contributed by atoms with Gasteiger partial charge in [-0.3, -0.25) is 9.59 Å². The molecule has 0 spiro atoms. The minimum Gasteiger partial charge on any atom is -0.321 e. The third-order valence-corrected chi connectivity index (χ3v) is 5.67. The molecule has 0 bridgehead atoms. The van der Waals surface area contributed by atoms with E-state index in [0.717, 1.165) is 9.79 Å². The Bertz CT molecular complexity index is 1090. The summed E-state index contributed by atoms with van der Waals surface area (Å²) >= 11 is 4.63. The Kier molecular flexibility index (Phi) is 4.72. The number of rotatable bonds is 2. The van der Waals surface area contributed by atoms with Crippen molar-refractivity contribution in [1.82, 2.24) is 0 Å². The van der Waals surface area contributed by atoms with E-state index in [1.54, 1.807) is 36.4 Å². The molecular weight excluding hydrogens is 431 g/mol. The SMILES string of the molecule is O=C(Nc1ccc(Br)cc1F)c1ccc2c(c1)NC(=O)c1ccccc1S2. The summed E-state index contributed by atoms with van der Waals surface area (Å²) in [6.45, 7) is 0. The van der Waals surface area contributed by atoms with Gasteiger partial charge in [0.2, 0.25) is 0 Å². The van der Waals surface area contributed by atoms with E-state index in [9.17, 15) is 14.0 Å². The Hall–Kier alpha value is -2.64. The molecule has 0 atom stereocenters. The van der Waals surface area contributed by atoms with E-state index < -0.39 is 11.7 Å². The highest BCUT2D eigenvalue weighted by Gasteiger charge is 2.21. The van der Waals surface area contributed by atoms with Crippen LogP contribution in [0.2, 0.25) is 0 Å². The number of fused-ring (bicyclic) bond motifs is 2. The molecule has 1 aliphatic rings. The molecule has 3 aromatic carbocycles. The number of benzene rings is 3. The maximum Gasteiger partial charge on any atom is 0.256 e. The molecule has 134 valence electrons. The van der Waals surface area contributed by atoms with Crippen molar-refractivity contribution in [2.75, 3.05) is 10.6 Å². The number of hydrogen-bond donors (Lipinski definition) is 2. The van der Waals surface area contributed by atoms with Gasteiger partial charge in [0.25, 0.3) is 11.8 Å². The first-order chi connectivity index (χ1) is 13.0. The average molecular weight is 443 g/mol. The number of nitrogens with one attached hydrogen (secondary N) is 2. The lowest BCUT2D eigenvalue weighted by molar-refractivity contribution is 0.101. The van der Waals surface area contributed by atoms with E-state index in [-0.39, 0.29) is 11.6 Å². The second-order valence-corrected chi connectivity index (χ2v) is 7.84. The Balaban J connectivity index is 1.62. The van der Waals surface area contributed by atoms with Crippen molar-refractivity contribution in [2.24, 2.45) is 0 Å². The quantitative estimate of drug-likeness (QED) is 0.546. The maximum atomic E-state index is 14.0. The van der Waals surface area contributed by atoms with Crippen LogP contribution in [0.15, 0.2) is 74.9 Å². The van der Waals surface area contributed by atoms with Gasteiger partial charge >= 0.3 is 0 Å². The van der Waals surface area contributed by atoms with Crippen molar-refractivity contribution < 1.29 is 14.0 Å². The highest BCUT2D eigenvalue weighted by Crippen LogP contribution is 2.39. The van der Waals surface area contributed by atoms with Crippen LogP contribution in [-0.4, -0.2) is 11.8 Å². The minimum atomic E-state index is -0.535. The van der Waals surface area contributed by atoms with Gasteiger partial charge in [-0.15, -0.1) is 0 Å². The molecule has 0 saturated heterocycles. The molecule has 1 heterocycles. The van der Waals surface area contributed by atoms with Crippen molar-refractivity contribution >= 4 is 50.9 Å². The number of carbonyl (C=O) groups is 2. The molecule has 27 heavy (non-hydrogen) atoms. The Morgan fingerprint density at radius 3 is 2.67 bits per heavy atom. The van der Waals surface area contributed by atoms with Gasteiger partial charge in [0.1, 0.15) is 5.82 Å². The van der Waals surface area contributed by atoms with Crippen LogP contribution >= 0.6 is 27.7 Å². The van der Waals surface area contributed by atoms with Crippen LogP contribution in [0.4, 0.5) is 15.8 Å². The van der Waals surface area contributed by atoms with E-state index in [1.807, 2.05) is 12.1 Å². The lowest BCUT2D eigenvalue weighted by atomic mass is 10.1. The fourth-order valence-electron chi connectivity index (χ4n) is 2.69. The molecule has 4 nitrogen and oxygen atoms in total. The molecule has 7 heteroatoms. The summed E-state index contributed by atoms with van der Waals surface area (Å²) in [5.74, 6) is -1.22. The summed E-state index contributed by atoms with van der Waals surface area (Å²) < 4.78 is 14.5. The highest BCUT2D eigenvalue weighted by atomic mass is 79.9. The van der Waals surface area contributed by atoms with Gasteiger partial charge in [0.05, 0.1) is 16.9 Å². The minimum absolute atomic E-state index is 0.0870. The van der Waals surface area contributed by atoms with Crippen molar-refractivity contribution in [2.45, 2.75) is 9.79 Å². The topological polar surface area (TPSA) is 58.2 Å². The fraction of sp³-hybridized carbons (Fsp3) is 0. The molecule has 0 unspecified atom stereocenters. The maximum absolute atomic E-state index is 14.0. The Labute approximate surface area is 167 Å². The zero-order valence-corrected chi connectivity index (χ0v) is 16.2. The number of hydrogen-bond acceptors (Lipinski definition) is 3. The first-order valence-electron chi connectivity index (χ1n) is 8.00. The van der Waals surface area contributed by atoms with Gasteiger partial charge in [0.15, 0.2) is 0 Å². The number of anilines is 2. The van der Waals surface area contributed by atoms with E-state index in [1.165, 1.54) is 23.9 Å². The van der Waals surface area contributed by atoms with Crippen LogP contribution in [0.3, 0.4) is 0 Å². The molecule has 2 amide bonds. The summed E-state index contributed by atoms with van der Waals surface area (Å²) in [5, 5.41) is 5.39. The van der Waals surface area contributed by atoms with Crippen molar-refractivity contribution in [3.63, 3.8) is 0 Å². The van der Waals surface area contributed by atoms with Crippen LogP contribution in [0, 0.1) is 5.82 Å². The molecule has 0 saturated carbocycles.